The molecule has 0 saturated heterocycles. The van der Waals surface area contributed by atoms with Gasteiger partial charge in [0, 0.05) is 52.3 Å². The van der Waals surface area contributed by atoms with Gasteiger partial charge in [0.05, 0.1) is 13.7 Å². The van der Waals surface area contributed by atoms with Gasteiger partial charge in [-0.1, -0.05) is 44.0 Å². The quantitative estimate of drug-likeness (QED) is 0.0472. The van der Waals surface area contributed by atoms with Gasteiger partial charge in [-0.2, -0.15) is 0 Å². The summed E-state index contributed by atoms with van der Waals surface area (Å²) < 4.78 is 155. The summed E-state index contributed by atoms with van der Waals surface area (Å²) in [5.41, 5.74) is 1.05. The molecule has 0 fully saturated rings. The van der Waals surface area contributed by atoms with Crippen LogP contribution in [0.4, 0.5) is 52.7 Å². The molecule has 0 amide bonds. The number of halogens is 16. The first-order valence-corrected chi connectivity index (χ1v) is 21.4. The van der Waals surface area contributed by atoms with E-state index < -0.39 is 81.3 Å². The Morgan fingerprint density at radius 1 is 0.556 bits per heavy atom. The van der Waals surface area contributed by atoms with E-state index in [2.05, 4.69) is 63.3 Å². The van der Waals surface area contributed by atoms with Crippen LogP contribution >= 0.6 is 48.8 Å². The van der Waals surface area contributed by atoms with Crippen LogP contribution in [0, 0.1) is 76.7 Å². The number of aliphatic hydroxyl groups is 1. The Labute approximate surface area is 460 Å². The Morgan fingerprint density at radius 2 is 0.833 bits per heavy atom. The maximum atomic E-state index is 13.1. The van der Waals surface area contributed by atoms with Gasteiger partial charge in [-0.25, -0.2) is 77.1 Å². The molecule has 6 aromatic rings. The number of rotatable bonds is 10. The van der Waals surface area contributed by atoms with Crippen molar-refractivity contribution >= 4 is 77.9 Å². The van der Waals surface area contributed by atoms with Crippen molar-refractivity contribution in [2.24, 2.45) is 0 Å². The molecular formula is C51H46Br3ClF12MgO4. The second kappa shape index (κ2) is 41.7. The third kappa shape index (κ3) is 33.9. The van der Waals surface area contributed by atoms with Crippen molar-refractivity contribution in [1.82, 2.24) is 0 Å². The van der Waals surface area contributed by atoms with E-state index in [0.717, 1.165) is 73.2 Å². The van der Waals surface area contributed by atoms with Crippen molar-refractivity contribution < 1.29 is 84.8 Å². The third-order valence-electron chi connectivity index (χ3n) is 7.59. The molecule has 6 rings (SSSR count). The molecule has 0 aromatic heterocycles. The molecule has 0 unspecified atom stereocenters. The SMILES string of the molecule is Br.C=CCCc1cc(F)c(C(=O)O)c(F)c1.C=CCCc1cc(F)cc(F)c1.C=C[CH2-].COc1cc(F)cc(F)c1.Fc1cc(F)cc(Br)c1.Fc1cc(F)cc(CBr)c1.OCc1cc(F)cc(F)c1.[Cl-].[Mg+2]. The largest absolute Gasteiger partial charge is 2.00 e. The Kier molecular flexibility index (Phi) is 42.8. The number of carboxylic acids is 1. The molecule has 388 valence electrons. The van der Waals surface area contributed by atoms with E-state index in [4.69, 9.17) is 10.2 Å². The first-order chi connectivity index (χ1) is 32.5. The first kappa shape index (κ1) is 73.8. The van der Waals surface area contributed by atoms with Gasteiger partial charge in [-0.05, 0) is 109 Å². The summed E-state index contributed by atoms with van der Waals surface area (Å²) >= 11 is 6.03. The topological polar surface area (TPSA) is 66.8 Å². The minimum atomic E-state index is -1.60. The van der Waals surface area contributed by atoms with Crippen molar-refractivity contribution in [2.45, 2.75) is 37.6 Å². The number of allylic oxidation sites excluding steroid dienone is 3. The maximum absolute atomic E-state index is 13.1. The zero-order valence-electron chi connectivity index (χ0n) is 38.1. The monoisotopic (exact) mass is 1250 g/mol. The normalized spacial score (nSPS) is 9.17. The van der Waals surface area contributed by atoms with Crippen LogP contribution in [0.2, 0.25) is 0 Å². The standard InChI is InChI=1S/C11H10F2O2.C10H10F2.C7H5BrF2.2C7H6F2O.C6H3BrF2.C3H5.BrH.ClH.Mg/c1-2-3-4-7-5-8(12)10(11(14)15)9(13)6-7;1-2-3-4-8-5-9(11)7-10(12)6-8;8-4-5-1-6(9)3-7(10)2-5;1-10-7-3-5(8)2-6(9)4-7;8-6-1-5(4-10)2-7(9)3-6;7-4-1-5(8)3-6(9)2-4;1-3-2;;;/h2,5-6H,1,3-4H2,(H,14,15);2,5-7H,1,3-4H2;1-3H,4H2;2-4H,1H3;1-3,10H,4H2;1-3H;3H,1-2H2;2*1H;/q;;;;;;-1;;;+2/p-1. The maximum Gasteiger partial charge on any atom is 2.00 e. The molecule has 72 heavy (non-hydrogen) atoms. The van der Waals surface area contributed by atoms with Crippen LogP contribution in [-0.2, 0) is 24.8 Å². The van der Waals surface area contributed by atoms with Gasteiger partial charge >= 0.3 is 29.0 Å². The average molecular weight is 1250 g/mol. The molecule has 0 atom stereocenters. The van der Waals surface area contributed by atoms with Crippen molar-refractivity contribution in [3.63, 3.8) is 0 Å². The van der Waals surface area contributed by atoms with E-state index >= 15 is 0 Å². The number of ether oxygens (including phenoxy) is 1. The van der Waals surface area contributed by atoms with Crippen LogP contribution in [0.1, 0.15) is 45.5 Å². The average Bonchev–Trinajstić information content (AvgIpc) is 3.24. The van der Waals surface area contributed by atoms with E-state index in [9.17, 15) is 57.5 Å². The summed E-state index contributed by atoms with van der Waals surface area (Å²) in [6.45, 7) is 13.2. The zero-order valence-corrected chi connectivity index (χ0v) is 45.2. The van der Waals surface area contributed by atoms with Gasteiger partial charge in [0.25, 0.3) is 0 Å². The number of aromatic carboxylic acids is 1. The van der Waals surface area contributed by atoms with Crippen molar-refractivity contribution in [3.8, 4) is 5.75 Å². The van der Waals surface area contributed by atoms with Crippen LogP contribution in [0.5, 0.6) is 5.75 Å². The van der Waals surface area contributed by atoms with E-state index in [1.165, 1.54) is 49.6 Å². The second-order valence-corrected chi connectivity index (χ2v) is 14.7. The first-order valence-electron chi connectivity index (χ1n) is 19.5. The van der Waals surface area contributed by atoms with Crippen LogP contribution in [-0.4, -0.2) is 46.3 Å². The smallest absolute Gasteiger partial charge is 1.00 e. The zero-order chi connectivity index (χ0) is 52.6. The molecule has 0 aliphatic rings. The molecule has 0 aliphatic carbocycles. The van der Waals surface area contributed by atoms with Crippen LogP contribution in [0.15, 0.2) is 146 Å². The number of hydrogen-bond donors (Lipinski definition) is 2. The predicted molar refractivity (Wildman–Crippen MR) is 267 cm³/mol. The van der Waals surface area contributed by atoms with Gasteiger partial charge in [-0.15, -0.1) is 30.1 Å². The number of aryl methyl sites for hydroxylation is 2. The number of carbonyl (C=O) groups is 1. The fourth-order valence-corrected chi connectivity index (χ4v) is 5.59. The fourth-order valence-electron chi connectivity index (χ4n) is 4.82. The molecule has 0 heterocycles. The Bertz CT molecular complexity index is 2280. The summed E-state index contributed by atoms with van der Waals surface area (Å²) in [5, 5.41) is 17.4. The number of alkyl halides is 1. The van der Waals surface area contributed by atoms with Crippen LogP contribution in [0.3, 0.4) is 0 Å². The summed E-state index contributed by atoms with van der Waals surface area (Å²) in [7, 11) is 1.36. The number of benzene rings is 6. The molecule has 4 nitrogen and oxygen atoms in total. The molecule has 0 radical (unpaired) electrons. The summed E-state index contributed by atoms with van der Waals surface area (Å²) in [4.78, 5) is 10.5. The molecule has 2 N–H and O–H groups in total. The van der Waals surface area contributed by atoms with Crippen molar-refractivity contribution in [1.29, 1.82) is 0 Å². The Hall–Kier alpha value is -4.70. The van der Waals surface area contributed by atoms with Crippen molar-refractivity contribution in [3.05, 3.63) is 250 Å². The van der Waals surface area contributed by atoms with E-state index in [-0.39, 0.29) is 70.4 Å². The number of carboxylic acid groups (broad SMARTS) is 1. The van der Waals surface area contributed by atoms with E-state index in [0.29, 0.717) is 45.8 Å². The summed E-state index contributed by atoms with van der Waals surface area (Å²) in [6, 6.07) is 18.2. The minimum Gasteiger partial charge on any atom is -1.00 e. The predicted octanol–water partition coefficient (Wildman–Crippen LogP) is 13.1. The molecule has 0 bridgehead atoms. The second-order valence-electron chi connectivity index (χ2n) is 13.2. The van der Waals surface area contributed by atoms with Gasteiger partial charge in [0.15, 0.2) is 0 Å². The Balaban J connectivity index is -0.000000380. The number of hydrogen-bond acceptors (Lipinski definition) is 3. The van der Waals surface area contributed by atoms with Crippen LogP contribution < -0.4 is 17.1 Å². The number of methoxy groups -OCH3 is 1. The molecule has 6 aromatic carbocycles. The van der Waals surface area contributed by atoms with Gasteiger partial charge in [-0.3, -0.25) is 0 Å². The number of aliphatic hydroxyl groups excluding tert-OH is 1. The van der Waals surface area contributed by atoms with Gasteiger partial charge in [0.2, 0.25) is 0 Å². The molecule has 21 heteroatoms. The summed E-state index contributed by atoms with van der Waals surface area (Å²) in [6.07, 6.45) is 7.26. The molecule has 0 aliphatic heterocycles. The van der Waals surface area contributed by atoms with Gasteiger partial charge in [0.1, 0.15) is 81.1 Å². The summed E-state index contributed by atoms with van der Waals surface area (Å²) in [5.74, 6) is -9.31. The van der Waals surface area contributed by atoms with Crippen molar-refractivity contribution in [2.75, 3.05) is 7.11 Å². The molecule has 0 spiro atoms. The van der Waals surface area contributed by atoms with Crippen LogP contribution in [0.25, 0.3) is 0 Å². The third-order valence-corrected chi connectivity index (χ3v) is 8.70. The molecule has 0 saturated carbocycles. The molecular weight excluding hydrogens is 1200 g/mol. The minimum absolute atomic E-state index is 0. The van der Waals surface area contributed by atoms with Gasteiger partial charge < -0.3 is 27.4 Å². The van der Waals surface area contributed by atoms with E-state index in [1.807, 2.05) is 0 Å². The van der Waals surface area contributed by atoms with E-state index in [1.54, 1.807) is 12.2 Å². The fraction of sp³-hybridized carbons (Fsp3) is 0.137. The Morgan fingerprint density at radius 3 is 1.10 bits per heavy atom.